The molecule has 0 atom stereocenters. The van der Waals surface area contributed by atoms with E-state index in [-0.39, 0.29) is 5.28 Å². The Hall–Kier alpha value is -4.34. The molecule has 0 fully saturated rings. The van der Waals surface area contributed by atoms with Gasteiger partial charge in [0.1, 0.15) is 0 Å². The molecule has 0 aliphatic heterocycles. The van der Waals surface area contributed by atoms with Gasteiger partial charge >= 0.3 is 0 Å². The molecular weight excluding hydrogens is 450 g/mol. The first-order valence-corrected chi connectivity index (χ1v) is 11.8. The highest BCUT2D eigenvalue weighted by molar-refractivity contribution is 6.28. The van der Waals surface area contributed by atoms with Gasteiger partial charge < -0.3 is 0 Å². The smallest absolute Gasteiger partial charge is 0.208 e. The van der Waals surface area contributed by atoms with E-state index < -0.39 is 0 Å². The van der Waals surface area contributed by atoms with Gasteiger partial charge in [-0.05, 0) is 56.8 Å². The van der Waals surface area contributed by atoms with Crippen LogP contribution in [0.1, 0.15) is 0 Å². The van der Waals surface area contributed by atoms with Gasteiger partial charge in [-0.2, -0.15) is 9.97 Å². The third kappa shape index (κ3) is 4.30. The van der Waals surface area contributed by atoms with Crippen LogP contribution in [0.25, 0.3) is 55.8 Å². The summed E-state index contributed by atoms with van der Waals surface area (Å²) >= 11 is 6.37. The molecule has 35 heavy (non-hydrogen) atoms. The van der Waals surface area contributed by atoms with Crippen LogP contribution in [0, 0.1) is 0 Å². The Kier molecular flexibility index (Phi) is 5.53. The minimum atomic E-state index is 0.174. The van der Waals surface area contributed by atoms with E-state index >= 15 is 0 Å². The summed E-state index contributed by atoms with van der Waals surface area (Å²) in [4.78, 5) is 13.7. The third-order valence-corrected chi connectivity index (χ3v) is 6.23. The van der Waals surface area contributed by atoms with Crippen LogP contribution in [0.15, 0.2) is 121 Å². The molecular formula is C31H20ClN3. The number of rotatable bonds is 4. The molecule has 6 rings (SSSR count). The molecule has 6 aromatic rings. The Morgan fingerprint density at radius 2 is 0.971 bits per heavy atom. The summed E-state index contributed by atoms with van der Waals surface area (Å²) < 4.78 is 0. The van der Waals surface area contributed by atoms with E-state index in [2.05, 4.69) is 94.9 Å². The molecule has 0 saturated heterocycles. The van der Waals surface area contributed by atoms with Crippen LogP contribution in [0.2, 0.25) is 5.28 Å². The Bertz CT molecular complexity index is 1660. The van der Waals surface area contributed by atoms with Gasteiger partial charge in [0.2, 0.25) is 5.28 Å². The molecule has 0 aliphatic carbocycles. The van der Waals surface area contributed by atoms with Crippen LogP contribution < -0.4 is 0 Å². The summed E-state index contributed by atoms with van der Waals surface area (Å²) in [5.41, 5.74) is 6.38. The number of fused-ring (bicyclic) bond motifs is 1. The van der Waals surface area contributed by atoms with E-state index in [0.29, 0.717) is 11.6 Å². The second kappa shape index (κ2) is 9.13. The van der Waals surface area contributed by atoms with Crippen LogP contribution in [-0.4, -0.2) is 15.0 Å². The number of hydrogen-bond donors (Lipinski definition) is 0. The zero-order valence-electron chi connectivity index (χ0n) is 18.8. The summed E-state index contributed by atoms with van der Waals surface area (Å²) in [5, 5.41) is 2.47. The fourth-order valence-electron chi connectivity index (χ4n) is 4.37. The van der Waals surface area contributed by atoms with Crippen LogP contribution in [0.4, 0.5) is 0 Å². The molecule has 0 spiro atoms. The number of benzene rings is 5. The van der Waals surface area contributed by atoms with Crippen molar-refractivity contribution < 1.29 is 0 Å². The van der Waals surface area contributed by atoms with Crippen molar-refractivity contribution in [2.24, 2.45) is 0 Å². The maximum atomic E-state index is 6.37. The Morgan fingerprint density at radius 1 is 0.400 bits per heavy atom. The number of halogens is 1. The van der Waals surface area contributed by atoms with Gasteiger partial charge in [0, 0.05) is 11.1 Å². The molecule has 1 heterocycles. The maximum Gasteiger partial charge on any atom is 0.226 e. The lowest BCUT2D eigenvalue weighted by molar-refractivity contribution is 1.07. The second-order valence-corrected chi connectivity index (χ2v) is 8.64. The van der Waals surface area contributed by atoms with Gasteiger partial charge in [0.25, 0.3) is 0 Å². The van der Waals surface area contributed by atoms with Crippen molar-refractivity contribution >= 4 is 22.4 Å². The van der Waals surface area contributed by atoms with Crippen molar-refractivity contribution in [3.63, 3.8) is 0 Å². The van der Waals surface area contributed by atoms with Gasteiger partial charge in [-0.25, -0.2) is 4.98 Å². The molecule has 166 valence electrons. The first-order chi connectivity index (χ1) is 17.2. The average molecular weight is 470 g/mol. The van der Waals surface area contributed by atoms with Gasteiger partial charge in [0.05, 0.1) is 0 Å². The first kappa shape index (κ1) is 21.2. The van der Waals surface area contributed by atoms with E-state index in [1.807, 2.05) is 36.4 Å². The fraction of sp³-hybridized carbons (Fsp3) is 0. The largest absolute Gasteiger partial charge is 0.226 e. The molecule has 0 amide bonds. The SMILES string of the molecule is Clc1nc(-c2cccc(-c3ccccc3-c3ccccc3)c2)nc(-c2ccc3ccccc3c2)n1. The van der Waals surface area contributed by atoms with Gasteiger partial charge in [-0.1, -0.05) is 109 Å². The molecule has 0 radical (unpaired) electrons. The minimum Gasteiger partial charge on any atom is -0.208 e. The summed E-state index contributed by atoms with van der Waals surface area (Å²) in [5.74, 6) is 1.10. The molecule has 1 aromatic heterocycles. The van der Waals surface area contributed by atoms with Crippen molar-refractivity contribution in [1.82, 2.24) is 15.0 Å². The van der Waals surface area contributed by atoms with Gasteiger partial charge in [-0.3, -0.25) is 0 Å². The monoisotopic (exact) mass is 469 g/mol. The molecule has 0 saturated carbocycles. The zero-order chi connectivity index (χ0) is 23.6. The highest BCUT2D eigenvalue weighted by Crippen LogP contribution is 2.34. The fourth-order valence-corrected chi connectivity index (χ4v) is 4.53. The quantitative estimate of drug-likeness (QED) is 0.260. The molecule has 0 aliphatic rings. The Balaban J connectivity index is 1.43. The Labute approximate surface area is 208 Å². The molecule has 3 nitrogen and oxygen atoms in total. The summed E-state index contributed by atoms with van der Waals surface area (Å²) in [6.45, 7) is 0. The van der Waals surface area contributed by atoms with Crippen LogP contribution in [0.3, 0.4) is 0 Å². The highest BCUT2D eigenvalue weighted by atomic mass is 35.5. The van der Waals surface area contributed by atoms with Crippen LogP contribution >= 0.6 is 11.6 Å². The van der Waals surface area contributed by atoms with Crippen molar-refractivity contribution in [2.75, 3.05) is 0 Å². The van der Waals surface area contributed by atoms with Gasteiger partial charge in [0.15, 0.2) is 11.6 Å². The summed E-state index contributed by atoms with van der Waals surface area (Å²) in [6.07, 6.45) is 0. The van der Waals surface area contributed by atoms with E-state index in [0.717, 1.165) is 27.6 Å². The van der Waals surface area contributed by atoms with Crippen molar-refractivity contribution in [3.8, 4) is 45.0 Å². The average Bonchev–Trinajstić information content (AvgIpc) is 2.93. The molecule has 0 bridgehead atoms. The molecule has 4 heteroatoms. The number of aromatic nitrogens is 3. The maximum absolute atomic E-state index is 6.37. The van der Waals surface area contributed by atoms with Crippen molar-refractivity contribution in [2.45, 2.75) is 0 Å². The third-order valence-electron chi connectivity index (χ3n) is 6.06. The van der Waals surface area contributed by atoms with Crippen molar-refractivity contribution in [3.05, 3.63) is 127 Å². The lowest BCUT2D eigenvalue weighted by Crippen LogP contribution is -1.97. The standard InChI is InChI=1S/C31H20ClN3/c32-31-34-29(33-30(35-31)26-18-17-21-9-4-5-12-23(21)19-26)25-14-8-13-24(20-25)28-16-7-6-15-27(28)22-10-2-1-3-11-22/h1-20H. The zero-order valence-corrected chi connectivity index (χ0v) is 19.5. The predicted molar refractivity (Wildman–Crippen MR) is 144 cm³/mol. The number of hydrogen-bond acceptors (Lipinski definition) is 3. The second-order valence-electron chi connectivity index (χ2n) is 8.31. The Morgan fingerprint density at radius 3 is 1.74 bits per heavy atom. The summed E-state index contributed by atoms with van der Waals surface area (Å²) in [7, 11) is 0. The molecule has 5 aromatic carbocycles. The normalized spacial score (nSPS) is 11.0. The van der Waals surface area contributed by atoms with Crippen LogP contribution in [0.5, 0.6) is 0 Å². The van der Waals surface area contributed by atoms with E-state index in [9.17, 15) is 0 Å². The topological polar surface area (TPSA) is 38.7 Å². The van der Waals surface area contributed by atoms with E-state index in [4.69, 9.17) is 16.6 Å². The lowest BCUT2D eigenvalue weighted by Gasteiger charge is -2.12. The minimum absolute atomic E-state index is 0.174. The first-order valence-electron chi connectivity index (χ1n) is 11.4. The molecule has 0 unspecified atom stereocenters. The van der Waals surface area contributed by atoms with E-state index in [1.165, 1.54) is 16.5 Å². The van der Waals surface area contributed by atoms with E-state index in [1.54, 1.807) is 0 Å². The van der Waals surface area contributed by atoms with Crippen molar-refractivity contribution in [1.29, 1.82) is 0 Å². The predicted octanol–water partition coefficient (Wildman–Crippen LogP) is 8.35. The molecule has 0 N–H and O–H groups in total. The lowest BCUT2D eigenvalue weighted by atomic mass is 9.94. The van der Waals surface area contributed by atoms with Gasteiger partial charge in [-0.15, -0.1) is 0 Å². The highest BCUT2D eigenvalue weighted by Gasteiger charge is 2.12. The summed E-state index contributed by atoms with van der Waals surface area (Å²) in [6, 6.07) is 41.5. The number of nitrogens with zero attached hydrogens (tertiary/aromatic N) is 3. The van der Waals surface area contributed by atoms with Crippen LogP contribution in [-0.2, 0) is 0 Å².